The van der Waals surface area contributed by atoms with Gasteiger partial charge in [-0.05, 0) is 50.9 Å². The molecule has 1 unspecified atom stereocenters. The van der Waals surface area contributed by atoms with Crippen LogP contribution in [0.25, 0.3) is 0 Å². The van der Waals surface area contributed by atoms with Gasteiger partial charge in [0.2, 0.25) is 0 Å². The third-order valence-corrected chi connectivity index (χ3v) is 4.69. The average Bonchev–Trinajstić information content (AvgIpc) is 2.74. The Kier molecular flexibility index (Phi) is 4.95. The molecule has 0 amide bonds. The molecular weight excluding hydrogens is 269 g/mol. The van der Waals surface area contributed by atoms with Gasteiger partial charge in [0.15, 0.2) is 0 Å². The number of hydrogen-bond donors (Lipinski definition) is 1. The van der Waals surface area contributed by atoms with Crippen molar-refractivity contribution in [2.75, 3.05) is 6.54 Å². The second-order valence-electron chi connectivity index (χ2n) is 5.27. The molecule has 1 aromatic heterocycles. The van der Waals surface area contributed by atoms with E-state index in [2.05, 4.69) is 32.2 Å². The lowest BCUT2D eigenvalue weighted by Gasteiger charge is -2.20. The molecule has 1 aromatic carbocycles. The first-order valence-corrected chi connectivity index (χ1v) is 7.91. The molecule has 1 N–H and O–H groups in total. The molecule has 0 aliphatic heterocycles. The van der Waals surface area contributed by atoms with E-state index in [0.717, 1.165) is 18.5 Å². The first kappa shape index (κ1) is 15.2. The van der Waals surface area contributed by atoms with Crippen molar-refractivity contribution >= 4 is 11.3 Å². The molecule has 0 aliphatic carbocycles. The molecule has 20 heavy (non-hydrogen) atoms. The van der Waals surface area contributed by atoms with Gasteiger partial charge in [-0.3, -0.25) is 0 Å². The normalized spacial score (nSPS) is 12.7. The summed E-state index contributed by atoms with van der Waals surface area (Å²) in [6, 6.07) is 7.78. The zero-order chi connectivity index (χ0) is 14.7. The number of aryl methyl sites for hydroxylation is 3. The van der Waals surface area contributed by atoms with Crippen molar-refractivity contribution in [1.82, 2.24) is 5.32 Å². The summed E-state index contributed by atoms with van der Waals surface area (Å²) in [6.45, 7) is 9.04. The maximum absolute atomic E-state index is 14.5. The van der Waals surface area contributed by atoms with E-state index in [1.54, 1.807) is 11.3 Å². The molecule has 0 fully saturated rings. The van der Waals surface area contributed by atoms with Crippen LogP contribution in [0.3, 0.4) is 0 Å². The molecule has 2 rings (SSSR count). The van der Waals surface area contributed by atoms with Gasteiger partial charge >= 0.3 is 0 Å². The van der Waals surface area contributed by atoms with Crippen LogP contribution in [-0.4, -0.2) is 6.54 Å². The van der Waals surface area contributed by atoms with Crippen molar-refractivity contribution in [3.05, 3.63) is 56.5 Å². The molecule has 0 spiro atoms. The van der Waals surface area contributed by atoms with Crippen LogP contribution in [-0.2, 0) is 0 Å². The Morgan fingerprint density at radius 1 is 1.20 bits per heavy atom. The minimum Gasteiger partial charge on any atom is -0.306 e. The average molecular weight is 291 g/mol. The highest BCUT2D eigenvalue weighted by molar-refractivity contribution is 7.12. The molecule has 2 aromatic rings. The monoisotopic (exact) mass is 291 g/mol. The number of thiophene rings is 1. The molecular formula is C17H22FNS. The van der Waals surface area contributed by atoms with Crippen molar-refractivity contribution in [2.45, 2.75) is 40.2 Å². The summed E-state index contributed by atoms with van der Waals surface area (Å²) < 4.78 is 14.5. The first-order valence-electron chi connectivity index (χ1n) is 7.10. The minimum absolute atomic E-state index is 0.0476. The largest absolute Gasteiger partial charge is 0.306 e. The molecule has 0 aliphatic rings. The highest BCUT2D eigenvalue weighted by Gasteiger charge is 2.21. The molecule has 108 valence electrons. The zero-order valence-corrected chi connectivity index (χ0v) is 13.4. The molecule has 1 nitrogen and oxygen atoms in total. The van der Waals surface area contributed by atoms with Crippen molar-refractivity contribution < 1.29 is 4.39 Å². The molecule has 1 heterocycles. The Morgan fingerprint density at radius 2 is 1.95 bits per heavy atom. The van der Waals surface area contributed by atoms with E-state index in [4.69, 9.17) is 0 Å². The predicted octanol–water partition coefficient (Wildman–Crippen LogP) is 4.90. The topological polar surface area (TPSA) is 12.0 Å². The van der Waals surface area contributed by atoms with Gasteiger partial charge in [-0.1, -0.05) is 25.1 Å². The van der Waals surface area contributed by atoms with E-state index in [0.29, 0.717) is 5.56 Å². The summed E-state index contributed by atoms with van der Waals surface area (Å²) in [5.74, 6) is -0.0912. The van der Waals surface area contributed by atoms with Crippen molar-refractivity contribution in [2.24, 2.45) is 0 Å². The number of hydrogen-bond acceptors (Lipinski definition) is 2. The van der Waals surface area contributed by atoms with Gasteiger partial charge in [0.1, 0.15) is 5.82 Å². The van der Waals surface area contributed by atoms with Crippen LogP contribution in [0.15, 0.2) is 24.3 Å². The Hall–Kier alpha value is -1.19. The maximum Gasteiger partial charge on any atom is 0.131 e. The second kappa shape index (κ2) is 6.51. The summed E-state index contributed by atoms with van der Waals surface area (Å²) in [4.78, 5) is 2.49. The SMILES string of the molecule is CCCNC(c1cccc(C)c1F)c1sc(C)cc1C. The summed E-state index contributed by atoms with van der Waals surface area (Å²) in [7, 11) is 0. The summed E-state index contributed by atoms with van der Waals surface area (Å²) in [5, 5.41) is 3.49. The van der Waals surface area contributed by atoms with Gasteiger partial charge in [0, 0.05) is 15.3 Å². The quantitative estimate of drug-likeness (QED) is 0.826. The fraction of sp³-hybridized carbons (Fsp3) is 0.412. The third-order valence-electron chi connectivity index (χ3n) is 3.47. The molecule has 1 atom stereocenters. The Bertz CT molecular complexity index is 589. The fourth-order valence-electron chi connectivity index (χ4n) is 2.47. The van der Waals surface area contributed by atoms with Gasteiger partial charge in [0.05, 0.1) is 6.04 Å². The van der Waals surface area contributed by atoms with Gasteiger partial charge in [-0.15, -0.1) is 11.3 Å². The van der Waals surface area contributed by atoms with E-state index >= 15 is 0 Å². The lowest BCUT2D eigenvalue weighted by molar-refractivity contribution is 0.545. The molecule has 0 bridgehead atoms. The standard InChI is InChI=1S/C17H22FNS/c1-5-9-19-16(17-12(3)10-13(4)20-17)14-8-6-7-11(2)15(14)18/h6-8,10,16,19H,5,9H2,1-4H3. The first-order chi connectivity index (χ1) is 9.54. The molecule has 0 saturated heterocycles. The van der Waals surface area contributed by atoms with Crippen molar-refractivity contribution in [3.8, 4) is 0 Å². The van der Waals surface area contributed by atoms with Gasteiger partial charge in [-0.2, -0.15) is 0 Å². The summed E-state index contributed by atoms with van der Waals surface area (Å²) in [5.41, 5.74) is 2.70. The highest BCUT2D eigenvalue weighted by Crippen LogP contribution is 2.33. The second-order valence-corrected chi connectivity index (χ2v) is 6.56. The van der Waals surface area contributed by atoms with Gasteiger partial charge in [-0.25, -0.2) is 4.39 Å². The van der Waals surface area contributed by atoms with Crippen LogP contribution < -0.4 is 5.32 Å². The van der Waals surface area contributed by atoms with Crippen molar-refractivity contribution in [3.63, 3.8) is 0 Å². The van der Waals surface area contributed by atoms with E-state index in [1.165, 1.54) is 15.3 Å². The molecule has 0 radical (unpaired) electrons. The van der Waals surface area contributed by atoms with Gasteiger partial charge in [0.25, 0.3) is 0 Å². The van der Waals surface area contributed by atoms with E-state index < -0.39 is 0 Å². The predicted molar refractivity (Wildman–Crippen MR) is 85.1 cm³/mol. The Labute approximate surface area is 124 Å². The van der Waals surface area contributed by atoms with Crippen LogP contribution in [0.4, 0.5) is 4.39 Å². The summed E-state index contributed by atoms with van der Waals surface area (Å²) in [6.07, 6.45) is 1.04. The highest BCUT2D eigenvalue weighted by atomic mass is 32.1. The molecule has 0 saturated carbocycles. The number of benzene rings is 1. The smallest absolute Gasteiger partial charge is 0.131 e. The lowest BCUT2D eigenvalue weighted by atomic mass is 10.00. The molecule has 3 heteroatoms. The summed E-state index contributed by atoms with van der Waals surface area (Å²) >= 11 is 1.75. The fourth-order valence-corrected chi connectivity index (χ4v) is 3.60. The zero-order valence-electron chi connectivity index (χ0n) is 12.6. The third kappa shape index (κ3) is 3.10. The van der Waals surface area contributed by atoms with Crippen LogP contribution in [0.5, 0.6) is 0 Å². The van der Waals surface area contributed by atoms with Crippen LogP contribution in [0, 0.1) is 26.6 Å². The van der Waals surface area contributed by atoms with E-state index in [1.807, 2.05) is 25.1 Å². The van der Waals surface area contributed by atoms with Gasteiger partial charge < -0.3 is 5.32 Å². The minimum atomic E-state index is -0.0912. The number of rotatable bonds is 5. The number of nitrogens with one attached hydrogen (secondary N) is 1. The van der Waals surface area contributed by atoms with Crippen LogP contribution >= 0.6 is 11.3 Å². The van der Waals surface area contributed by atoms with Crippen LogP contribution in [0.1, 0.15) is 45.8 Å². The Morgan fingerprint density at radius 3 is 2.55 bits per heavy atom. The van der Waals surface area contributed by atoms with E-state index in [-0.39, 0.29) is 11.9 Å². The Balaban J connectivity index is 2.47. The van der Waals surface area contributed by atoms with E-state index in [9.17, 15) is 4.39 Å². The van der Waals surface area contributed by atoms with Crippen LogP contribution in [0.2, 0.25) is 0 Å². The lowest BCUT2D eigenvalue weighted by Crippen LogP contribution is -2.24. The van der Waals surface area contributed by atoms with Crippen molar-refractivity contribution in [1.29, 1.82) is 0 Å². The maximum atomic E-state index is 14.5. The number of halogens is 1.